The van der Waals surface area contributed by atoms with Crippen molar-refractivity contribution in [3.8, 4) is 27.9 Å². The number of benzene rings is 6. The molecule has 38 heavy (non-hydrogen) atoms. The van der Waals surface area contributed by atoms with Gasteiger partial charge in [-0.3, -0.25) is 0 Å². The molecule has 7 aromatic rings. The van der Waals surface area contributed by atoms with Crippen LogP contribution in [0.25, 0.3) is 60.5 Å². The maximum Gasteiger partial charge on any atom is 0.0582 e. The Morgan fingerprint density at radius 2 is 1.26 bits per heavy atom. The number of fused-ring (bicyclic) bond motifs is 6. The average molecular weight is 486 g/mol. The van der Waals surface area contributed by atoms with Crippen LogP contribution in [0.4, 0.5) is 0 Å². The first-order valence-electron chi connectivity index (χ1n) is 13.4. The zero-order chi connectivity index (χ0) is 25.4. The summed E-state index contributed by atoms with van der Waals surface area (Å²) in [5.41, 5.74) is 11.7. The fourth-order valence-electron chi connectivity index (χ4n) is 6.76. The van der Waals surface area contributed by atoms with E-state index < -0.39 is 0 Å². The van der Waals surface area contributed by atoms with Crippen LogP contribution in [0, 0.1) is 0 Å². The highest BCUT2D eigenvalue weighted by atomic mass is 15.0. The van der Waals surface area contributed by atoms with Gasteiger partial charge in [-0.15, -0.1) is 0 Å². The molecule has 0 saturated heterocycles. The highest BCUT2D eigenvalue weighted by molar-refractivity contribution is 6.14. The normalized spacial score (nSPS) is 13.7. The van der Waals surface area contributed by atoms with E-state index in [2.05, 4.69) is 146 Å². The number of rotatable bonds is 2. The second-order valence-corrected chi connectivity index (χ2v) is 11.0. The Bertz CT molecular complexity index is 2040. The van der Waals surface area contributed by atoms with Crippen LogP contribution in [-0.2, 0) is 5.41 Å². The van der Waals surface area contributed by atoms with Gasteiger partial charge in [-0.2, -0.15) is 0 Å². The summed E-state index contributed by atoms with van der Waals surface area (Å²) in [6, 6.07) is 46.9. The lowest BCUT2D eigenvalue weighted by molar-refractivity contribution is 0.630. The van der Waals surface area contributed by atoms with Gasteiger partial charge in [-0.05, 0) is 62.4 Å². The lowest BCUT2D eigenvalue weighted by Gasteiger charge is -2.34. The zero-order valence-corrected chi connectivity index (χ0v) is 21.6. The molecule has 0 amide bonds. The Kier molecular flexibility index (Phi) is 4.35. The van der Waals surface area contributed by atoms with E-state index in [-0.39, 0.29) is 5.41 Å². The molecule has 0 bridgehead atoms. The Labute approximate surface area is 222 Å². The number of hydrogen-bond donors (Lipinski definition) is 0. The minimum Gasteiger partial charge on any atom is -0.309 e. The van der Waals surface area contributed by atoms with Gasteiger partial charge >= 0.3 is 0 Å². The fourth-order valence-corrected chi connectivity index (χ4v) is 6.76. The molecule has 8 rings (SSSR count). The third-order valence-electron chi connectivity index (χ3n) is 8.58. The second-order valence-electron chi connectivity index (χ2n) is 11.0. The van der Waals surface area contributed by atoms with Gasteiger partial charge in [-0.1, -0.05) is 123 Å². The monoisotopic (exact) mass is 485 g/mol. The van der Waals surface area contributed by atoms with E-state index >= 15 is 0 Å². The molecule has 0 unspecified atom stereocenters. The molecule has 0 fully saturated rings. The molecule has 1 aromatic heterocycles. The van der Waals surface area contributed by atoms with Gasteiger partial charge in [0.2, 0.25) is 0 Å². The topological polar surface area (TPSA) is 4.93 Å². The molecule has 1 aliphatic heterocycles. The van der Waals surface area contributed by atoms with Crippen LogP contribution in [0.3, 0.4) is 0 Å². The molecule has 6 aromatic carbocycles. The van der Waals surface area contributed by atoms with E-state index in [9.17, 15) is 0 Å². The zero-order valence-electron chi connectivity index (χ0n) is 21.6. The lowest BCUT2D eigenvalue weighted by Crippen LogP contribution is -2.26. The van der Waals surface area contributed by atoms with Gasteiger partial charge in [0.25, 0.3) is 0 Å². The SMILES string of the molecule is CC1(C)c2ccccc2-n2c3ccc(-c4c(-c5ccccc5)ccc5ccccc45)cc3c3cccc1c32. The van der Waals surface area contributed by atoms with Crippen LogP contribution >= 0.6 is 0 Å². The molecule has 0 spiro atoms. The van der Waals surface area contributed by atoms with Crippen molar-refractivity contribution in [3.63, 3.8) is 0 Å². The first kappa shape index (κ1) is 21.5. The quantitative estimate of drug-likeness (QED) is 0.230. The summed E-state index contributed by atoms with van der Waals surface area (Å²) in [5, 5.41) is 5.18. The van der Waals surface area contributed by atoms with E-state index in [1.54, 1.807) is 0 Å². The predicted octanol–water partition coefficient (Wildman–Crippen LogP) is 9.91. The molecule has 0 radical (unpaired) electrons. The van der Waals surface area contributed by atoms with Crippen molar-refractivity contribution >= 4 is 32.6 Å². The third kappa shape index (κ3) is 2.82. The fraction of sp³-hybridized carbons (Fsp3) is 0.0811. The van der Waals surface area contributed by atoms with Crippen molar-refractivity contribution in [2.45, 2.75) is 19.3 Å². The standard InChI is InChI=1S/C37H27N/c1-37(2)31-16-8-9-18-34(31)38-33-22-20-26(23-30(33)29-15-10-17-32(37)36(29)38)35-27-14-7-6-13-25(27)19-21-28(35)24-11-4-3-5-12-24/h3-23H,1-2H3. The van der Waals surface area contributed by atoms with Gasteiger partial charge in [0.1, 0.15) is 0 Å². The van der Waals surface area contributed by atoms with Gasteiger partial charge in [0, 0.05) is 16.2 Å². The van der Waals surface area contributed by atoms with E-state index in [0.29, 0.717) is 0 Å². The van der Waals surface area contributed by atoms with Crippen LogP contribution in [0.15, 0.2) is 127 Å². The molecule has 1 heteroatoms. The highest BCUT2D eigenvalue weighted by Gasteiger charge is 2.34. The maximum atomic E-state index is 2.49. The summed E-state index contributed by atoms with van der Waals surface area (Å²) < 4.78 is 2.49. The number of nitrogens with zero attached hydrogens (tertiary/aromatic N) is 1. The Morgan fingerprint density at radius 3 is 2.16 bits per heavy atom. The van der Waals surface area contributed by atoms with Crippen molar-refractivity contribution in [1.82, 2.24) is 4.57 Å². The average Bonchev–Trinajstić information content (AvgIpc) is 3.30. The Balaban J connectivity index is 1.49. The van der Waals surface area contributed by atoms with Crippen LogP contribution in [0.1, 0.15) is 25.0 Å². The largest absolute Gasteiger partial charge is 0.309 e. The van der Waals surface area contributed by atoms with Gasteiger partial charge in [-0.25, -0.2) is 0 Å². The van der Waals surface area contributed by atoms with Crippen LogP contribution in [-0.4, -0.2) is 4.57 Å². The van der Waals surface area contributed by atoms with Gasteiger partial charge in [0.05, 0.1) is 16.7 Å². The van der Waals surface area contributed by atoms with Crippen molar-refractivity contribution in [3.05, 3.63) is 139 Å². The maximum absolute atomic E-state index is 2.49. The molecule has 1 aliphatic rings. The van der Waals surface area contributed by atoms with Crippen LogP contribution < -0.4 is 0 Å². The summed E-state index contributed by atoms with van der Waals surface area (Å²) >= 11 is 0. The summed E-state index contributed by atoms with van der Waals surface area (Å²) in [7, 11) is 0. The van der Waals surface area contributed by atoms with Gasteiger partial charge in [0.15, 0.2) is 0 Å². The Morgan fingerprint density at radius 1 is 0.526 bits per heavy atom. The summed E-state index contributed by atoms with van der Waals surface area (Å²) in [6.45, 7) is 4.71. The van der Waals surface area contributed by atoms with E-state index in [1.165, 1.54) is 71.6 Å². The predicted molar refractivity (Wildman–Crippen MR) is 161 cm³/mol. The molecular weight excluding hydrogens is 458 g/mol. The second kappa shape index (κ2) is 7.69. The van der Waals surface area contributed by atoms with Crippen LogP contribution in [0.5, 0.6) is 0 Å². The minimum atomic E-state index is -0.0561. The van der Waals surface area contributed by atoms with E-state index in [0.717, 1.165) is 0 Å². The van der Waals surface area contributed by atoms with Crippen molar-refractivity contribution in [2.24, 2.45) is 0 Å². The summed E-state index contributed by atoms with van der Waals surface area (Å²) in [4.78, 5) is 0. The minimum absolute atomic E-state index is 0.0561. The van der Waals surface area contributed by atoms with Crippen molar-refractivity contribution < 1.29 is 0 Å². The number of aromatic nitrogens is 1. The third-order valence-corrected chi connectivity index (χ3v) is 8.58. The van der Waals surface area contributed by atoms with Crippen molar-refractivity contribution in [2.75, 3.05) is 0 Å². The molecule has 0 saturated carbocycles. The molecule has 0 aliphatic carbocycles. The molecular formula is C37H27N. The first-order valence-corrected chi connectivity index (χ1v) is 13.4. The molecule has 180 valence electrons. The molecule has 0 atom stereocenters. The van der Waals surface area contributed by atoms with Crippen LogP contribution in [0.2, 0.25) is 0 Å². The summed E-state index contributed by atoms with van der Waals surface area (Å²) in [5.74, 6) is 0. The number of para-hydroxylation sites is 2. The molecule has 2 heterocycles. The lowest BCUT2D eigenvalue weighted by atomic mass is 9.75. The Hall–Kier alpha value is -4.62. The van der Waals surface area contributed by atoms with E-state index in [1.807, 2.05) is 0 Å². The molecule has 1 nitrogen and oxygen atoms in total. The van der Waals surface area contributed by atoms with E-state index in [4.69, 9.17) is 0 Å². The molecule has 0 N–H and O–H groups in total. The van der Waals surface area contributed by atoms with Crippen molar-refractivity contribution in [1.29, 1.82) is 0 Å². The first-order chi connectivity index (χ1) is 18.6. The van der Waals surface area contributed by atoms with Gasteiger partial charge < -0.3 is 4.57 Å². The smallest absolute Gasteiger partial charge is 0.0582 e. The summed E-state index contributed by atoms with van der Waals surface area (Å²) in [6.07, 6.45) is 0. The highest BCUT2D eigenvalue weighted by Crippen LogP contribution is 2.48. The number of hydrogen-bond acceptors (Lipinski definition) is 0.